The van der Waals surface area contributed by atoms with Crippen LogP contribution >= 0.6 is 0 Å². The number of imidazole rings is 3. The number of fused-ring (bicyclic) bond motifs is 3. The zero-order valence-electron chi connectivity index (χ0n) is 17.9. The molecule has 6 rings (SSSR count). The predicted molar refractivity (Wildman–Crippen MR) is 127 cm³/mol. The standard InChI is InChI=1S/C23H21N9/c1-30-11-26-19-13(24)10-15(28-23(19)30)22-29-20-17(32(22)3)9-8-12(18(20)25)21-27-14-6-4-5-7-16(14)31(21)2/h4-11H,25H2,1-3H3,(H2,24,28). The lowest BCUT2D eigenvalue weighted by Crippen LogP contribution is -1.99. The minimum absolute atomic E-state index is 0.561. The summed E-state index contributed by atoms with van der Waals surface area (Å²) in [7, 11) is 5.83. The molecule has 6 aromatic rings. The molecule has 0 fully saturated rings. The Balaban J connectivity index is 1.57. The Bertz CT molecular complexity index is 1680. The predicted octanol–water partition coefficient (Wildman–Crippen LogP) is 3.24. The Hall–Kier alpha value is -4.40. The number of nitrogens with two attached hydrogens (primary N) is 2. The number of nitrogen functional groups attached to an aromatic ring is 2. The third-order valence-electron chi connectivity index (χ3n) is 6.05. The van der Waals surface area contributed by atoms with Crippen LogP contribution in [-0.2, 0) is 21.1 Å². The summed E-state index contributed by atoms with van der Waals surface area (Å²) in [5.74, 6) is 1.49. The lowest BCUT2D eigenvalue weighted by molar-refractivity contribution is 0.923. The molecule has 9 nitrogen and oxygen atoms in total. The van der Waals surface area contributed by atoms with Crippen molar-refractivity contribution in [2.45, 2.75) is 0 Å². The number of hydrogen-bond acceptors (Lipinski definition) is 6. The maximum atomic E-state index is 6.64. The highest BCUT2D eigenvalue weighted by Gasteiger charge is 2.20. The van der Waals surface area contributed by atoms with Crippen LogP contribution in [0.3, 0.4) is 0 Å². The molecule has 0 bridgehead atoms. The minimum Gasteiger partial charge on any atom is -0.397 e. The Morgan fingerprint density at radius 1 is 0.781 bits per heavy atom. The number of rotatable bonds is 2. The van der Waals surface area contributed by atoms with Crippen molar-refractivity contribution in [3.05, 3.63) is 48.8 Å². The van der Waals surface area contributed by atoms with Gasteiger partial charge < -0.3 is 25.2 Å². The molecule has 4 heterocycles. The van der Waals surface area contributed by atoms with Crippen LogP contribution in [0.1, 0.15) is 0 Å². The fraction of sp³-hybridized carbons (Fsp3) is 0.130. The second-order valence-corrected chi connectivity index (χ2v) is 8.00. The van der Waals surface area contributed by atoms with Crippen LogP contribution < -0.4 is 11.5 Å². The van der Waals surface area contributed by atoms with E-state index in [1.54, 1.807) is 12.4 Å². The number of nitrogens with zero attached hydrogens (tertiary/aromatic N) is 7. The second-order valence-electron chi connectivity index (χ2n) is 8.00. The monoisotopic (exact) mass is 423 g/mol. The number of para-hydroxylation sites is 2. The van der Waals surface area contributed by atoms with Crippen LogP contribution in [0.5, 0.6) is 0 Å². The van der Waals surface area contributed by atoms with Gasteiger partial charge in [0.15, 0.2) is 11.5 Å². The van der Waals surface area contributed by atoms with Gasteiger partial charge in [-0.25, -0.2) is 19.9 Å². The molecule has 0 atom stereocenters. The summed E-state index contributed by atoms with van der Waals surface area (Å²) < 4.78 is 5.87. The largest absolute Gasteiger partial charge is 0.397 e. The van der Waals surface area contributed by atoms with Crippen molar-refractivity contribution in [1.82, 2.24) is 33.6 Å². The zero-order valence-corrected chi connectivity index (χ0v) is 17.9. The topological polar surface area (TPSA) is 118 Å². The summed E-state index contributed by atoms with van der Waals surface area (Å²) in [5.41, 5.74) is 20.5. The van der Waals surface area contributed by atoms with E-state index in [9.17, 15) is 0 Å². The lowest BCUT2D eigenvalue weighted by Gasteiger charge is -2.07. The van der Waals surface area contributed by atoms with Gasteiger partial charge in [0.05, 0.1) is 34.3 Å². The van der Waals surface area contributed by atoms with E-state index in [2.05, 4.69) is 9.55 Å². The Morgan fingerprint density at radius 2 is 1.56 bits per heavy atom. The van der Waals surface area contributed by atoms with E-state index in [4.69, 9.17) is 26.4 Å². The van der Waals surface area contributed by atoms with Crippen molar-refractivity contribution >= 4 is 44.6 Å². The van der Waals surface area contributed by atoms with E-state index in [1.807, 2.05) is 66.7 Å². The molecule has 0 unspecified atom stereocenters. The molecule has 0 saturated heterocycles. The van der Waals surface area contributed by atoms with Gasteiger partial charge in [0, 0.05) is 26.7 Å². The molecular formula is C23H21N9. The number of benzene rings is 2. The summed E-state index contributed by atoms with van der Waals surface area (Å²) in [6, 6.07) is 13.8. The molecule has 158 valence electrons. The van der Waals surface area contributed by atoms with Gasteiger partial charge in [-0.15, -0.1) is 0 Å². The number of hydrogen-bond donors (Lipinski definition) is 2. The van der Waals surface area contributed by atoms with Gasteiger partial charge in [0.2, 0.25) is 0 Å². The van der Waals surface area contributed by atoms with Crippen molar-refractivity contribution < 1.29 is 0 Å². The van der Waals surface area contributed by atoms with Crippen LogP contribution in [0, 0.1) is 0 Å². The van der Waals surface area contributed by atoms with Crippen molar-refractivity contribution in [3.8, 4) is 22.9 Å². The van der Waals surface area contributed by atoms with Crippen LogP contribution in [0.15, 0.2) is 48.8 Å². The molecule has 0 amide bonds. The van der Waals surface area contributed by atoms with E-state index < -0.39 is 0 Å². The Morgan fingerprint density at radius 3 is 2.38 bits per heavy atom. The highest BCUT2D eigenvalue weighted by molar-refractivity contribution is 5.98. The summed E-state index contributed by atoms with van der Waals surface area (Å²) in [4.78, 5) is 18.7. The number of pyridine rings is 1. The molecule has 2 aromatic carbocycles. The van der Waals surface area contributed by atoms with Crippen molar-refractivity contribution in [3.63, 3.8) is 0 Å². The maximum Gasteiger partial charge on any atom is 0.162 e. The highest BCUT2D eigenvalue weighted by Crippen LogP contribution is 2.35. The van der Waals surface area contributed by atoms with Crippen LogP contribution in [-0.4, -0.2) is 33.6 Å². The van der Waals surface area contributed by atoms with Gasteiger partial charge in [-0.3, -0.25) is 0 Å². The first-order valence-corrected chi connectivity index (χ1v) is 10.2. The fourth-order valence-corrected chi connectivity index (χ4v) is 4.33. The second kappa shape index (κ2) is 6.30. The van der Waals surface area contributed by atoms with E-state index in [1.165, 1.54) is 0 Å². The van der Waals surface area contributed by atoms with E-state index in [0.717, 1.165) is 27.9 Å². The number of anilines is 2. The molecule has 4 N–H and O–H groups in total. The molecule has 0 aliphatic rings. The van der Waals surface area contributed by atoms with Gasteiger partial charge in [0.1, 0.15) is 22.6 Å². The SMILES string of the molecule is Cn1cnc2c(N)cc(-c3nc4c(N)c(-c5nc6ccccc6n5C)ccc4n3C)nc21. The summed E-state index contributed by atoms with van der Waals surface area (Å²) >= 11 is 0. The summed E-state index contributed by atoms with van der Waals surface area (Å²) in [6.45, 7) is 0. The molecule has 32 heavy (non-hydrogen) atoms. The van der Waals surface area contributed by atoms with E-state index >= 15 is 0 Å². The number of aryl methyl sites for hydroxylation is 3. The normalized spacial score (nSPS) is 11.8. The fourth-order valence-electron chi connectivity index (χ4n) is 4.33. The molecule has 4 aromatic heterocycles. The third-order valence-corrected chi connectivity index (χ3v) is 6.05. The van der Waals surface area contributed by atoms with Crippen molar-refractivity contribution in [2.75, 3.05) is 11.5 Å². The van der Waals surface area contributed by atoms with Gasteiger partial charge in [-0.05, 0) is 30.3 Å². The highest BCUT2D eigenvalue weighted by atomic mass is 15.1. The Labute approximate surface area is 183 Å². The lowest BCUT2D eigenvalue weighted by atomic mass is 10.1. The molecule has 0 spiro atoms. The average molecular weight is 423 g/mol. The molecular weight excluding hydrogens is 402 g/mol. The van der Waals surface area contributed by atoms with Crippen LogP contribution in [0.25, 0.3) is 56.1 Å². The van der Waals surface area contributed by atoms with E-state index in [0.29, 0.717) is 39.6 Å². The first-order chi connectivity index (χ1) is 15.4. The van der Waals surface area contributed by atoms with Crippen LogP contribution in [0.4, 0.5) is 11.4 Å². The van der Waals surface area contributed by atoms with Gasteiger partial charge in [-0.1, -0.05) is 12.1 Å². The molecule has 0 aliphatic carbocycles. The third kappa shape index (κ3) is 2.38. The Kier molecular flexibility index (Phi) is 3.62. The van der Waals surface area contributed by atoms with Gasteiger partial charge in [0.25, 0.3) is 0 Å². The molecule has 0 radical (unpaired) electrons. The zero-order chi connectivity index (χ0) is 22.1. The molecule has 0 aliphatic heterocycles. The van der Waals surface area contributed by atoms with Gasteiger partial charge >= 0.3 is 0 Å². The van der Waals surface area contributed by atoms with Crippen LogP contribution in [0.2, 0.25) is 0 Å². The van der Waals surface area contributed by atoms with Crippen molar-refractivity contribution in [2.24, 2.45) is 21.1 Å². The smallest absolute Gasteiger partial charge is 0.162 e. The quantitative estimate of drug-likeness (QED) is 0.413. The summed E-state index contributed by atoms with van der Waals surface area (Å²) in [6.07, 6.45) is 1.70. The van der Waals surface area contributed by atoms with E-state index in [-0.39, 0.29) is 0 Å². The van der Waals surface area contributed by atoms with Gasteiger partial charge in [-0.2, -0.15) is 0 Å². The molecule has 9 heteroatoms. The first-order valence-electron chi connectivity index (χ1n) is 10.2. The molecule has 0 saturated carbocycles. The summed E-state index contributed by atoms with van der Waals surface area (Å²) in [5, 5.41) is 0. The van der Waals surface area contributed by atoms with Crippen molar-refractivity contribution in [1.29, 1.82) is 0 Å². The average Bonchev–Trinajstić information content (AvgIpc) is 3.44. The first kappa shape index (κ1) is 18.4. The maximum absolute atomic E-state index is 6.64. The number of aromatic nitrogens is 7. The minimum atomic E-state index is 0.561.